The first-order chi connectivity index (χ1) is 7.18. The van der Waals surface area contributed by atoms with Gasteiger partial charge in [0.2, 0.25) is 0 Å². The Bertz CT molecular complexity index is 486. The average molecular weight is 221 g/mol. The van der Waals surface area contributed by atoms with Crippen molar-refractivity contribution in [2.75, 3.05) is 0 Å². The van der Waals surface area contributed by atoms with Gasteiger partial charge in [-0.05, 0) is 36.8 Å². The summed E-state index contributed by atoms with van der Waals surface area (Å²) in [4.78, 5) is 11.9. The molecule has 3 heteroatoms. The van der Waals surface area contributed by atoms with Crippen molar-refractivity contribution in [2.24, 2.45) is 0 Å². The maximum absolute atomic E-state index is 11.9. The minimum atomic E-state index is -0.0523. The largest absolute Gasteiger partial charge is 0.472 e. The van der Waals surface area contributed by atoms with Gasteiger partial charge in [0.1, 0.15) is 6.26 Å². The van der Waals surface area contributed by atoms with Crippen LogP contribution in [0.1, 0.15) is 21.5 Å². The highest BCUT2D eigenvalue weighted by atomic mass is 35.5. The van der Waals surface area contributed by atoms with Crippen molar-refractivity contribution in [2.45, 2.75) is 6.92 Å². The van der Waals surface area contributed by atoms with Crippen LogP contribution in [0.4, 0.5) is 0 Å². The van der Waals surface area contributed by atoms with Gasteiger partial charge in [-0.15, -0.1) is 0 Å². The first-order valence-corrected chi connectivity index (χ1v) is 4.89. The van der Waals surface area contributed by atoms with Crippen LogP contribution in [-0.2, 0) is 0 Å². The van der Waals surface area contributed by atoms with Crippen molar-refractivity contribution in [1.82, 2.24) is 0 Å². The van der Waals surface area contributed by atoms with E-state index in [0.29, 0.717) is 16.1 Å². The molecule has 0 unspecified atom stereocenters. The number of halogens is 1. The van der Waals surface area contributed by atoms with Crippen molar-refractivity contribution < 1.29 is 9.21 Å². The number of benzene rings is 1. The van der Waals surface area contributed by atoms with Crippen LogP contribution in [0.25, 0.3) is 0 Å². The van der Waals surface area contributed by atoms with Crippen LogP contribution >= 0.6 is 11.6 Å². The molecule has 0 aliphatic heterocycles. The summed E-state index contributed by atoms with van der Waals surface area (Å²) in [6, 6.07) is 6.86. The zero-order chi connectivity index (χ0) is 10.8. The number of carbonyl (C=O) groups excluding carboxylic acids is 1. The van der Waals surface area contributed by atoms with Gasteiger partial charge in [0.15, 0.2) is 5.78 Å². The van der Waals surface area contributed by atoms with E-state index in [2.05, 4.69) is 0 Å². The second kappa shape index (κ2) is 3.91. The summed E-state index contributed by atoms with van der Waals surface area (Å²) in [6.45, 7) is 1.87. The Kier molecular flexibility index (Phi) is 2.60. The number of ketones is 1. The van der Waals surface area contributed by atoms with Gasteiger partial charge in [-0.2, -0.15) is 0 Å². The summed E-state index contributed by atoms with van der Waals surface area (Å²) in [6.07, 6.45) is 2.92. The molecule has 0 fully saturated rings. The second-order valence-electron chi connectivity index (χ2n) is 3.31. The lowest BCUT2D eigenvalue weighted by atomic mass is 10.0. The van der Waals surface area contributed by atoms with Gasteiger partial charge >= 0.3 is 0 Å². The van der Waals surface area contributed by atoms with Crippen LogP contribution in [-0.4, -0.2) is 5.78 Å². The number of hydrogen-bond acceptors (Lipinski definition) is 2. The van der Waals surface area contributed by atoms with Gasteiger partial charge in [-0.1, -0.05) is 11.6 Å². The normalized spacial score (nSPS) is 10.3. The number of carbonyl (C=O) groups is 1. The van der Waals surface area contributed by atoms with Crippen molar-refractivity contribution >= 4 is 17.4 Å². The van der Waals surface area contributed by atoms with Crippen LogP contribution in [0.2, 0.25) is 5.02 Å². The Balaban J connectivity index is 2.39. The smallest absolute Gasteiger partial charge is 0.196 e. The van der Waals surface area contributed by atoms with E-state index in [-0.39, 0.29) is 5.78 Å². The fourth-order valence-corrected chi connectivity index (χ4v) is 1.46. The topological polar surface area (TPSA) is 30.2 Å². The summed E-state index contributed by atoms with van der Waals surface area (Å²) in [5, 5.41) is 0.666. The molecule has 0 saturated carbocycles. The maximum atomic E-state index is 11.9. The molecule has 0 aliphatic carbocycles. The maximum Gasteiger partial charge on any atom is 0.196 e. The van der Waals surface area contributed by atoms with Gasteiger partial charge in [0.25, 0.3) is 0 Å². The van der Waals surface area contributed by atoms with Gasteiger partial charge in [0, 0.05) is 10.6 Å². The van der Waals surface area contributed by atoms with Crippen LogP contribution in [0.5, 0.6) is 0 Å². The highest BCUT2D eigenvalue weighted by Gasteiger charge is 2.10. The minimum Gasteiger partial charge on any atom is -0.472 e. The van der Waals surface area contributed by atoms with E-state index in [1.807, 2.05) is 6.92 Å². The Morgan fingerprint density at radius 2 is 2.07 bits per heavy atom. The molecule has 1 aromatic carbocycles. The number of aryl methyl sites for hydroxylation is 1. The SMILES string of the molecule is Cc1cc(C(=O)c2ccoc2)ccc1Cl. The summed E-state index contributed by atoms with van der Waals surface area (Å²) in [5.74, 6) is -0.0523. The Hall–Kier alpha value is -1.54. The first-order valence-electron chi connectivity index (χ1n) is 4.51. The monoisotopic (exact) mass is 220 g/mol. The summed E-state index contributed by atoms with van der Waals surface area (Å²) >= 11 is 5.88. The van der Waals surface area contributed by atoms with E-state index in [4.69, 9.17) is 16.0 Å². The molecule has 0 N–H and O–H groups in total. The molecular weight excluding hydrogens is 212 g/mol. The minimum absolute atomic E-state index is 0.0523. The molecule has 0 atom stereocenters. The lowest BCUT2D eigenvalue weighted by Gasteiger charge is -2.01. The Morgan fingerprint density at radius 1 is 1.27 bits per heavy atom. The van der Waals surface area contributed by atoms with Crippen LogP contribution in [0, 0.1) is 6.92 Å². The molecule has 0 bridgehead atoms. The van der Waals surface area contributed by atoms with Gasteiger partial charge in [-0.25, -0.2) is 0 Å². The van der Waals surface area contributed by atoms with Gasteiger partial charge in [-0.3, -0.25) is 4.79 Å². The number of hydrogen-bond donors (Lipinski definition) is 0. The molecule has 15 heavy (non-hydrogen) atoms. The quantitative estimate of drug-likeness (QED) is 0.726. The molecule has 0 aliphatic rings. The Labute approximate surface area is 92.5 Å². The molecule has 0 saturated heterocycles. The lowest BCUT2D eigenvalue weighted by Crippen LogP contribution is -1.99. The third-order valence-corrected chi connectivity index (χ3v) is 2.63. The zero-order valence-corrected chi connectivity index (χ0v) is 8.91. The molecule has 1 aromatic heterocycles. The molecule has 2 rings (SSSR count). The van der Waals surface area contributed by atoms with Crippen molar-refractivity contribution in [1.29, 1.82) is 0 Å². The molecule has 0 amide bonds. The van der Waals surface area contributed by atoms with E-state index in [1.165, 1.54) is 12.5 Å². The predicted octanol–water partition coefficient (Wildman–Crippen LogP) is 3.47. The molecule has 2 aromatic rings. The van der Waals surface area contributed by atoms with E-state index in [1.54, 1.807) is 24.3 Å². The average Bonchev–Trinajstić information content (AvgIpc) is 2.74. The van der Waals surface area contributed by atoms with E-state index < -0.39 is 0 Å². The standard InChI is InChI=1S/C12H9ClO2/c1-8-6-9(2-3-11(8)13)12(14)10-4-5-15-7-10/h2-7H,1H3. The van der Waals surface area contributed by atoms with Crippen molar-refractivity contribution in [3.8, 4) is 0 Å². The first kappa shape index (κ1) is 9.99. The zero-order valence-electron chi connectivity index (χ0n) is 8.16. The summed E-state index contributed by atoms with van der Waals surface area (Å²) < 4.78 is 4.86. The third kappa shape index (κ3) is 1.95. The fraction of sp³-hybridized carbons (Fsp3) is 0.0833. The Morgan fingerprint density at radius 3 is 2.67 bits per heavy atom. The lowest BCUT2D eigenvalue weighted by molar-refractivity contribution is 0.103. The molecule has 1 heterocycles. The molecule has 76 valence electrons. The van der Waals surface area contributed by atoms with Crippen molar-refractivity contribution in [3.63, 3.8) is 0 Å². The molecule has 2 nitrogen and oxygen atoms in total. The van der Waals surface area contributed by atoms with Crippen LogP contribution in [0.15, 0.2) is 41.2 Å². The number of rotatable bonds is 2. The van der Waals surface area contributed by atoms with Gasteiger partial charge in [0.05, 0.1) is 11.8 Å². The van der Waals surface area contributed by atoms with Gasteiger partial charge < -0.3 is 4.42 Å². The molecule has 0 radical (unpaired) electrons. The second-order valence-corrected chi connectivity index (χ2v) is 3.71. The fourth-order valence-electron chi connectivity index (χ4n) is 1.35. The van der Waals surface area contributed by atoms with E-state index >= 15 is 0 Å². The number of furan rings is 1. The summed E-state index contributed by atoms with van der Waals surface area (Å²) in [5.41, 5.74) is 2.07. The molecule has 0 spiro atoms. The summed E-state index contributed by atoms with van der Waals surface area (Å²) in [7, 11) is 0. The predicted molar refractivity (Wildman–Crippen MR) is 58.3 cm³/mol. The highest BCUT2D eigenvalue weighted by molar-refractivity contribution is 6.31. The van der Waals surface area contributed by atoms with Crippen molar-refractivity contribution in [3.05, 3.63) is 58.5 Å². The van der Waals surface area contributed by atoms with Crippen LogP contribution < -0.4 is 0 Å². The van der Waals surface area contributed by atoms with E-state index in [9.17, 15) is 4.79 Å². The third-order valence-electron chi connectivity index (χ3n) is 2.20. The van der Waals surface area contributed by atoms with Crippen LogP contribution in [0.3, 0.4) is 0 Å². The molecular formula is C12H9ClO2. The van der Waals surface area contributed by atoms with E-state index in [0.717, 1.165) is 5.56 Å². The highest BCUT2D eigenvalue weighted by Crippen LogP contribution is 2.18.